The summed E-state index contributed by atoms with van der Waals surface area (Å²) in [6, 6.07) is 5.93. The zero-order valence-electron chi connectivity index (χ0n) is 9.21. The molecule has 0 atom stereocenters. The first-order chi connectivity index (χ1) is 7.11. The van der Waals surface area contributed by atoms with E-state index < -0.39 is 0 Å². The summed E-state index contributed by atoms with van der Waals surface area (Å²) in [5, 5.41) is 11.4. The maximum absolute atomic E-state index is 11.4. The van der Waals surface area contributed by atoms with Crippen LogP contribution in [0.3, 0.4) is 0 Å². The van der Waals surface area contributed by atoms with Gasteiger partial charge in [0.2, 0.25) is 5.91 Å². The van der Waals surface area contributed by atoms with Gasteiger partial charge in [-0.1, -0.05) is 6.07 Å². The third-order valence-electron chi connectivity index (χ3n) is 2.07. The number of carbonyl (C=O) groups excluding carboxylic acids is 1. The zero-order valence-corrected chi connectivity index (χ0v) is 9.21. The van der Waals surface area contributed by atoms with Crippen LogP contribution in [0.15, 0.2) is 18.2 Å². The molecule has 0 radical (unpaired) electrons. The Labute approximate surface area is 90.1 Å². The fraction of sp³-hybridized carbons (Fsp3) is 0.417. The van der Waals surface area contributed by atoms with E-state index in [-0.39, 0.29) is 12.5 Å². The average Bonchev–Trinajstić information content (AvgIpc) is 2.13. The van der Waals surface area contributed by atoms with E-state index in [1.807, 2.05) is 26.0 Å². The molecule has 0 aliphatic rings. The van der Waals surface area contributed by atoms with E-state index >= 15 is 0 Å². The molecule has 0 spiro atoms. The molecule has 0 fully saturated rings. The first kappa shape index (κ1) is 11.7. The van der Waals surface area contributed by atoms with Gasteiger partial charge in [-0.2, -0.15) is 0 Å². The van der Waals surface area contributed by atoms with Crippen molar-refractivity contribution in [3.63, 3.8) is 0 Å². The Kier molecular flexibility index (Phi) is 4.31. The van der Waals surface area contributed by atoms with Crippen molar-refractivity contribution >= 4 is 11.6 Å². The second-order valence-corrected chi connectivity index (χ2v) is 3.75. The van der Waals surface area contributed by atoms with Gasteiger partial charge in [-0.15, -0.1) is 0 Å². The summed E-state index contributed by atoms with van der Waals surface area (Å²) >= 11 is 0. The lowest BCUT2D eigenvalue weighted by Crippen LogP contribution is -2.11. The van der Waals surface area contributed by atoms with Gasteiger partial charge in [-0.25, -0.2) is 0 Å². The number of rotatable bonds is 4. The number of amides is 1. The molecule has 0 saturated carbocycles. The van der Waals surface area contributed by atoms with E-state index in [1.165, 1.54) is 0 Å². The summed E-state index contributed by atoms with van der Waals surface area (Å²) in [4.78, 5) is 11.4. The normalized spacial score (nSPS) is 10.1. The van der Waals surface area contributed by atoms with Crippen molar-refractivity contribution in [1.29, 1.82) is 0 Å². The van der Waals surface area contributed by atoms with E-state index in [0.717, 1.165) is 16.8 Å². The van der Waals surface area contributed by atoms with E-state index in [4.69, 9.17) is 5.11 Å². The zero-order chi connectivity index (χ0) is 11.3. The monoisotopic (exact) mass is 207 g/mol. The first-order valence-electron chi connectivity index (χ1n) is 5.11. The summed E-state index contributed by atoms with van der Waals surface area (Å²) in [5.41, 5.74) is 3.09. The van der Waals surface area contributed by atoms with E-state index in [2.05, 4.69) is 11.4 Å². The smallest absolute Gasteiger partial charge is 0.224 e. The lowest BCUT2D eigenvalue weighted by atomic mass is 10.1. The van der Waals surface area contributed by atoms with Crippen LogP contribution in [0.1, 0.15) is 24.0 Å². The van der Waals surface area contributed by atoms with Crippen molar-refractivity contribution in [3.8, 4) is 0 Å². The number of aliphatic hydroxyl groups excluding tert-OH is 1. The summed E-state index contributed by atoms with van der Waals surface area (Å²) in [6.07, 6.45) is 0.875. The highest BCUT2D eigenvalue weighted by atomic mass is 16.3. The Bertz CT molecular complexity index is 327. The van der Waals surface area contributed by atoms with Crippen molar-refractivity contribution in [2.24, 2.45) is 0 Å². The molecule has 2 N–H and O–H groups in total. The molecule has 0 aromatic heterocycles. The third kappa shape index (κ3) is 4.13. The maximum Gasteiger partial charge on any atom is 0.224 e. The number of hydrogen-bond acceptors (Lipinski definition) is 2. The summed E-state index contributed by atoms with van der Waals surface area (Å²) in [6.45, 7) is 4.05. The predicted octanol–water partition coefficient (Wildman–Crippen LogP) is 2.01. The van der Waals surface area contributed by atoms with Crippen LogP contribution in [-0.2, 0) is 4.79 Å². The molecule has 0 heterocycles. The quantitative estimate of drug-likeness (QED) is 0.793. The number of hydrogen-bond donors (Lipinski definition) is 2. The molecule has 1 aromatic carbocycles. The Hall–Kier alpha value is -1.35. The van der Waals surface area contributed by atoms with E-state index in [0.29, 0.717) is 12.8 Å². The molecule has 0 unspecified atom stereocenters. The van der Waals surface area contributed by atoms with Gasteiger partial charge in [0.05, 0.1) is 0 Å². The molecule has 15 heavy (non-hydrogen) atoms. The topological polar surface area (TPSA) is 49.3 Å². The van der Waals surface area contributed by atoms with Crippen molar-refractivity contribution < 1.29 is 9.90 Å². The molecular formula is C12H17NO2. The molecule has 1 amide bonds. The van der Waals surface area contributed by atoms with Crippen LogP contribution in [-0.4, -0.2) is 17.6 Å². The molecule has 0 aliphatic carbocycles. The number of anilines is 1. The standard InChI is InChI=1S/C12H17NO2/c1-9-6-10(2)8-11(7-9)13-12(15)4-3-5-14/h6-8,14H,3-5H2,1-2H3,(H,13,15). The molecule has 1 rings (SSSR count). The molecule has 82 valence electrons. The number of carbonyl (C=O) groups is 1. The van der Waals surface area contributed by atoms with Gasteiger partial charge in [-0.05, 0) is 43.5 Å². The second-order valence-electron chi connectivity index (χ2n) is 3.75. The van der Waals surface area contributed by atoms with Gasteiger partial charge in [0.1, 0.15) is 0 Å². The highest BCUT2D eigenvalue weighted by Crippen LogP contribution is 2.13. The van der Waals surface area contributed by atoms with Crippen molar-refractivity contribution in [3.05, 3.63) is 29.3 Å². The minimum Gasteiger partial charge on any atom is -0.396 e. The number of aliphatic hydroxyl groups is 1. The van der Waals surface area contributed by atoms with Gasteiger partial charge in [0.15, 0.2) is 0 Å². The molecule has 0 aliphatic heterocycles. The third-order valence-corrected chi connectivity index (χ3v) is 2.07. The Morgan fingerprint density at radius 2 is 1.87 bits per heavy atom. The Morgan fingerprint density at radius 3 is 2.40 bits per heavy atom. The highest BCUT2D eigenvalue weighted by molar-refractivity contribution is 5.90. The summed E-state index contributed by atoms with van der Waals surface area (Å²) in [7, 11) is 0. The average molecular weight is 207 g/mol. The van der Waals surface area contributed by atoms with Crippen LogP contribution >= 0.6 is 0 Å². The second kappa shape index (κ2) is 5.51. The molecule has 0 saturated heterocycles. The van der Waals surface area contributed by atoms with Gasteiger partial charge in [-0.3, -0.25) is 4.79 Å². The van der Waals surface area contributed by atoms with Crippen LogP contribution in [0.2, 0.25) is 0 Å². The fourth-order valence-corrected chi connectivity index (χ4v) is 1.51. The Balaban J connectivity index is 2.60. The predicted molar refractivity (Wildman–Crippen MR) is 60.9 cm³/mol. The molecular weight excluding hydrogens is 190 g/mol. The lowest BCUT2D eigenvalue weighted by Gasteiger charge is -2.06. The number of benzene rings is 1. The molecule has 1 aromatic rings. The fourth-order valence-electron chi connectivity index (χ4n) is 1.51. The molecule has 0 bridgehead atoms. The van der Waals surface area contributed by atoms with E-state index in [1.54, 1.807) is 0 Å². The van der Waals surface area contributed by atoms with Gasteiger partial charge in [0, 0.05) is 18.7 Å². The van der Waals surface area contributed by atoms with Crippen LogP contribution in [0.25, 0.3) is 0 Å². The largest absolute Gasteiger partial charge is 0.396 e. The molecule has 3 nitrogen and oxygen atoms in total. The minimum absolute atomic E-state index is 0.0472. The lowest BCUT2D eigenvalue weighted by molar-refractivity contribution is -0.116. The maximum atomic E-state index is 11.4. The van der Waals surface area contributed by atoms with Crippen molar-refractivity contribution in [2.75, 3.05) is 11.9 Å². The van der Waals surface area contributed by atoms with Crippen LogP contribution < -0.4 is 5.32 Å². The van der Waals surface area contributed by atoms with Gasteiger partial charge >= 0.3 is 0 Å². The SMILES string of the molecule is Cc1cc(C)cc(NC(=O)CCCO)c1. The van der Waals surface area contributed by atoms with Gasteiger partial charge in [0.25, 0.3) is 0 Å². The summed E-state index contributed by atoms with van der Waals surface area (Å²) < 4.78 is 0. The van der Waals surface area contributed by atoms with Crippen LogP contribution in [0.5, 0.6) is 0 Å². The number of aryl methyl sites for hydroxylation is 2. The first-order valence-corrected chi connectivity index (χ1v) is 5.11. The van der Waals surface area contributed by atoms with Crippen LogP contribution in [0, 0.1) is 13.8 Å². The van der Waals surface area contributed by atoms with Crippen LogP contribution in [0.4, 0.5) is 5.69 Å². The minimum atomic E-state index is -0.0472. The Morgan fingerprint density at radius 1 is 1.27 bits per heavy atom. The van der Waals surface area contributed by atoms with Crippen molar-refractivity contribution in [2.45, 2.75) is 26.7 Å². The molecule has 3 heteroatoms. The van der Waals surface area contributed by atoms with Crippen molar-refractivity contribution in [1.82, 2.24) is 0 Å². The highest BCUT2D eigenvalue weighted by Gasteiger charge is 2.02. The summed E-state index contributed by atoms with van der Waals surface area (Å²) in [5.74, 6) is -0.0472. The van der Waals surface area contributed by atoms with E-state index in [9.17, 15) is 4.79 Å². The number of nitrogens with one attached hydrogen (secondary N) is 1. The van der Waals surface area contributed by atoms with Gasteiger partial charge < -0.3 is 10.4 Å².